The Kier molecular flexibility index (Phi) is 4.86. The fraction of sp³-hybridized carbons (Fsp3) is 0.318. The zero-order chi connectivity index (χ0) is 18.7. The van der Waals surface area contributed by atoms with E-state index in [1.54, 1.807) is 13.1 Å². The molecule has 4 rings (SSSR count). The van der Waals surface area contributed by atoms with Crippen LogP contribution in [0.1, 0.15) is 31.1 Å². The van der Waals surface area contributed by atoms with Crippen molar-refractivity contribution >= 4 is 5.78 Å². The molecular formula is C22H23N3O2. The fourth-order valence-corrected chi connectivity index (χ4v) is 3.94. The van der Waals surface area contributed by atoms with Crippen LogP contribution in [0.25, 0.3) is 11.4 Å². The van der Waals surface area contributed by atoms with Gasteiger partial charge in [-0.1, -0.05) is 41.6 Å². The SMILES string of the molecule is CC(=O)C1(c2ccccc2)CCN(Cc2cc(-c3ccccn3)no2)CC1. The van der Waals surface area contributed by atoms with Crippen LogP contribution in [-0.4, -0.2) is 33.9 Å². The quantitative estimate of drug-likeness (QED) is 0.691. The van der Waals surface area contributed by atoms with E-state index in [9.17, 15) is 4.79 Å². The van der Waals surface area contributed by atoms with Gasteiger partial charge in [0.1, 0.15) is 11.5 Å². The molecule has 1 saturated heterocycles. The molecule has 1 fully saturated rings. The molecule has 27 heavy (non-hydrogen) atoms. The number of piperidine rings is 1. The van der Waals surface area contributed by atoms with Gasteiger partial charge in [0, 0.05) is 12.3 Å². The number of hydrogen-bond acceptors (Lipinski definition) is 5. The minimum Gasteiger partial charge on any atom is -0.359 e. The largest absolute Gasteiger partial charge is 0.359 e. The molecule has 1 aliphatic heterocycles. The van der Waals surface area contributed by atoms with E-state index < -0.39 is 0 Å². The van der Waals surface area contributed by atoms with Gasteiger partial charge in [-0.3, -0.25) is 14.7 Å². The molecule has 138 valence electrons. The second kappa shape index (κ2) is 7.45. The molecule has 0 amide bonds. The maximum absolute atomic E-state index is 12.5. The summed E-state index contributed by atoms with van der Waals surface area (Å²) in [6.07, 6.45) is 3.40. The lowest BCUT2D eigenvalue weighted by molar-refractivity contribution is -0.124. The van der Waals surface area contributed by atoms with Gasteiger partial charge in [-0.05, 0) is 50.6 Å². The van der Waals surface area contributed by atoms with Crippen molar-refractivity contribution in [3.63, 3.8) is 0 Å². The summed E-state index contributed by atoms with van der Waals surface area (Å²) in [7, 11) is 0. The van der Waals surface area contributed by atoms with Crippen LogP contribution in [0.5, 0.6) is 0 Å². The predicted molar refractivity (Wildman–Crippen MR) is 103 cm³/mol. The van der Waals surface area contributed by atoms with E-state index in [1.165, 1.54) is 0 Å². The van der Waals surface area contributed by atoms with Gasteiger partial charge < -0.3 is 4.52 Å². The van der Waals surface area contributed by atoms with Crippen LogP contribution in [0.3, 0.4) is 0 Å². The third-order valence-corrected chi connectivity index (χ3v) is 5.58. The normalized spacial score (nSPS) is 16.9. The maximum atomic E-state index is 12.5. The van der Waals surface area contributed by atoms with Crippen molar-refractivity contribution in [3.8, 4) is 11.4 Å². The van der Waals surface area contributed by atoms with Crippen molar-refractivity contribution in [2.45, 2.75) is 31.7 Å². The first kappa shape index (κ1) is 17.6. The molecule has 2 aromatic heterocycles. The van der Waals surface area contributed by atoms with Gasteiger partial charge >= 0.3 is 0 Å². The van der Waals surface area contributed by atoms with E-state index in [0.29, 0.717) is 6.54 Å². The number of nitrogens with zero attached hydrogens (tertiary/aromatic N) is 3. The van der Waals surface area contributed by atoms with Crippen LogP contribution < -0.4 is 0 Å². The number of hydrogen-bond donors (Lipinski definition) is 0. The number of benzene rings is 1. The molecule has 0 spiro atoms. The highest BCUT2D eigenvalue weighted by Crippen LogP contribution is 2.37. The lowest BCUT2D eigenvalue weighted by atomic mass is 9.70. The van der Waals surface area contributed by atoms with E-state index >= 15 is 0 Å². The molecule has 0 bridgehead atoms. The Bertz CT molecular complexity index is 898. The number of likely N-dealkylation sites (tertiary alicyclic amines) is 1. The zero-order valence-electron chi connectivity index (χ0n) is 15.5. The fourth-order valence-electron chi connectivity index (χ4n) is 3.94. The number of carbonyl (C=O) groups excluding carboxylic acids is 1. The lowest BCUT2D eigenvalue weighted by Gasteiger charge is -2.40. The molecule has 5 heteroatoms. The van der Waals surface area contributed by atoms with Crippen molar-refractivity contribution in [3.05, 3.63) is 72.1 Å². The molecule has 0 aliphatic carbocycles. The summed E-state index contributed by atoms with van der Waals surface area (Å²) < 4.78 is 5.51. The van der Waals surface area contributed by atoms with Crippen LogP contribution in [0.2, 0.25) is 0 Å². The minimum absolute atomic E-state index is 0.255. The third kappa shape index (κ3) is 3.55. The minimum atomic E-state index is -0.363. The van der Waals surface area contributed by atoms with Crippen molar-refractivity contribution in [1.29, 1.82) is 0 Å². The second-order valence-corrected chi connectivity index (χ2v) is 7.17. The first-order chi connectivity index (χ1) is 13.2. The summed E-state index contributed by atoms with van der Waals surface area (Å²) in [6, 6.07) is 17.9. The molecule has 5 nitrogen and oxygen atoms in total. The van der Waals surface area contributed by atoms with Gasteiger partial charge in [-0.25, -0.2) is 0 Å². The Labute approximate surface area is 159 Å². The van der Waals surface area contributed by atoms with Crippen LogP contribution >= 0.6 is 0 Å². The Morgan fingerprint density at radius 2 is 1.81 bits per heavy atom. The highest BCUT2D eigenvalue weighted by molar-refractivity contribution is 5.88. The Morgan fingerprint density at radius 1 is 1.07 bits per heavy atom. The van der Waals surface area contributed by atoms with Gasteiger partial charge in [0.05, 0.1) is 17.7 Å². The number of pyridine rings is 1. The highest BCUT2D eigenvalue weighted by Gasteiger charge is 2.40. The summed E-state index contributed by atoms with van der Waals surface area (Å²) in [5, 5.41) is 4.14. The molecule has 0 N–H and O–H groups in total. The van der Waals surface area contributed by atoms with Gasteiger partial charge in [0.2, 0.25) is 0 Å². The predicted octanol–water partition coefficient (Wildman–Crippen LogP) is 3.86. The van der Waals surface area contributed by atoms with E-state index in [2.05, 4.69) is 27.2 Å². The number of rotatable bonds is 5. The molecule has 3 aromatic rings. The van der Waals surface area contributed by atoms with Gasteiger partial charge in [0.15, 0.2) is 5.76 Å². The van der Waals surface area contributed by atoms with E-state index in [0.717, 1.165) is 48.6 Å². The summed E-state index contributed by atoms with van der Waals surface area (Å²) in [4.78, 5) is 19.1. The van der Waals surface area contributed by atoms with E-state index in [1.807, 2.05) is 42.5 Å². The van der Waals surface area contributed by atoms with Gasteiger partial charge in [0.25, 0.3) is 0 Å². The first-order valence-corrected chi connectivity index (χ1v) is 9.33. The summed E-state index contributed by atoms with van der Waals surface area (Å²) in [6.45, 7) is 4.13. The van der Waals surface area contributed by atoms with Gasteiger partial charge in [-0.15, -0.1) is 0 Å². The first-order valence-electron chi connectivity index (χ1n) is 9.33. The molecule has 1 aliphatic rings. The summed E-state index contributed by atoms with van der Waals surface area (Å²) in [5.41, 5.74) is 2.34. The zero-order valence-corrected chi connectivity index (χ0v) is 15.5. The van der Waals surface area contributed by atoms with Crippen LogP contribution in [-0.2, 0) is 16.8 Å². The van der Waals surface area contributed by atoms with Crippen molar-refractivity contribution in [1.82, 2.24) is 15.0 Å². The number of Topliss-reactive ketones (excluding diaryl/α,β-unsaturated/α-hetero) is 1. The molecule has 0 atom stereocenters. The molecule has 0 saturated carbocycles. The topological polar surface area (TPSA) is 59.2 Å². The summed E-state index contributed by atoms with van der Waals surface area (Å²) in [5.74, 6) is 1.08. The Balaban J connectivity index is 1.44. The molecule has 3 heterocycles. The second-order valence-electron chi connectivity index (χ2n) is 7.17. The van der Waals surface area contributed by atoms with Crippen LogP contribution in [0, 0.1) is 0 Å². The van der Waals surface area contributed by atoms with Crippen molar-refractivity contribution < 1.29 is 9.32 Å². The third-order valence-electron chi connectivity index (χ3n) is 5.58. The van der Waals surface area contributed by atoms with Crippen molar-refractivity contribution in [2.75, 3.05) is 13.1 Å². The average molecular weight is 361 g/mol. The standard InChI is InChI=1S/C22H23N3O2/c1-17(26)22(18-7-3-2-4-8-18)10-13-25(14-11-22)16-19-15-21(24-27-19)20-9-5-6-12-23-20/h2-9,12,15H,10-11,13-14,16H2,1H3. The van der Waals surface area contributed by atoms with Crippen molar-refractivity contribution in [2.24, 2.45) is 0 Å². The Hall–Kier alpha value is -2.79. The molecule has 0 unspecified atom stereocenters. The lowest BCUT2D eigenvalue weighted by Crippen LogP contribution is -2.46. The van der Waals surface area contributed by atoms with Crippen LogP contribution in [0.15, 0.2) is 65.3 Å². The molecule has 0 radical (unpaired) electrons. The monoisotopic (exact) mass is 361 g/mol. The smallest absolute Gasteiger partial charge is 0.151 e. The highest BCUT2D eigenvalue weighted by atomic mass is 16.5. The average Bonchev–Trinajstić information content (AvgIpc) is 3.18. The number of aromatic nitrogens is 2. The van der Waals surface area contributed by atoms with Crippen LogP contribution in [0.4, 0.5) is 0 Å². The summed E-state index contributed by atoms with van der Waals surface area (Å²) >= 11 is 0. The Morgan fingerprint density at radius 3 is 2.48 bits per heavy atom. The number of ketones is 1. The van der Waals surface area contributed by atoms with Gasteiger partial charge in [-0.2, -0.15) is 0 Å². The number of carbonyl (C=O) groups is 1. The molecule has 1 aromatic carbocycles. The maximum Gasteiger partial charge on any atom is 0.151 e. The van der Waals surface area contributed by atoms with E-state index in [-0.39, 0.29) is 11.2 Å². The van der Waals surface area contributed by atoms with E-state index in [4.69, 9.17) is 4.52 Å². The molecular weight excluding hydrogens is 338 g/mol.